The van der Waals surface area contributed by atoms with Crippen LogP contribution < -0.4 is 5.73 Å². The highest BCUT2D eigenvalue weighted by Crippen LogP contribution is 2.28. The Morgan fingerprint density at radius 2 is 2.21 bits per heavy atom. The molecule has 0 aromatic carbocycles. The van der Waals surface area contributed by atoms with Crippen molar-refractivity contribution in [3.05, 3.63) is 10.8 Å². The molecule has 0 aliphatic heterocycles. The molecule has 0 unspecified atom stereocenters. The van der Waals surface area contributed by atoms with Gasteiger partial charge in [-0.3, -0.25) is 0 Å². The van der Waals surface area contributed by atoms with E-state index in [1.165, 1.54) is 25.6 Å². The summed E-state index contributed by atoms with van der Waals surface area (Å²) in [5, 5.41) is 0.939. The molecule has 1 aromatic rings. The zero-order valence-electron chi connectivity index (χ0n) is 8.16. The molecule has 0 aliphatic rings. The fourth-order valence-electron chi connectivity index (χ4n) is 0.988. The first-order chi connectivity index (χ1) is 6.75. The Hall–Kier alpha value is -0.290. The van der Waals surface area contributed by atoms with Crippen molar-refractivity contribution in [3.63, 3.8) is 0 Å². The summed E-state index contributed by atoms with van der Waals surface area (Å²) in [6, 6.07) is 0. The summed E-state index contributed by atoms with van der Waals surface area (Å²) in [5.74, 6) is 1.60. The van der Waals surface area contributed by atoms with Gasteiger partial charge in [-0.1, -0.05) is 19.8 Å². The van der Waals surface area contributed by atoms with Crippen molar-refractivity contribution in [2.75, 3.05) is 11.5 Å². The number of anilines is 1. The van der Waals surface area contributed by atoms with Gasteiger partial charge in [-0.25, -0.2) is 9.97 Å². The molecule has 5 heteroatoms. The number of hydrogen-bond donors (Lipinski definition) is 1. The number of hydrogen-bond acceptors (Lipinski definition) is 4. The molecule has 0 saturated heterocycles. The fraction of sp³-hybridized carbons (Fsp3) is 0.556. The van der Waals surface area contributed by atoms with Crippen molar-refractivity contribution in [1.82, 2.24) is 9.97 Å². The number of rotatable bonds is 5. The maximum atomic E-state index is 5.64. The van der Waals surface area contributed by atoms with Crippen LogP contribution >= 0.6 is 27.7 Å². The van der Waals surface area contributed by atoms with Crippen molar-refractivity contribution in [2.45, 2.75) is 31.2 Å². The average molecular weight is 276 g/mol. The van der Waals surface area contributed by atoms with Gasteiger partial charge in [0.25, 0.3) is 0 Å². The zero-order valence-corrected chi connectivity index (χ0v) is 10.6. The summed E-state index contributed by atoms with van der Waals surface area (Å²) in [7, 11) is 0. The third-order valence-corrected chi connectivity index (χ3v) is 3.89. The minimum Gasteiger partial charge on any atom is -0.383 e. The summed E-state index contributed by atoms with van der Waals surface area (Å²) in [6.07, 6.45) is 5.23. The minimum absolute atomic E-state index is 0.512. The Bertz CT molecular complexity index is 293. The summed E-state index contributed by atoms with van der Waals surface area (Å²) < 4.78 is 0.821. The molecule has 1 heterocycles. The van der Waals surface area contributed by atoms with E-state index in [1.807, 2.05) is 0 Å². The summed E-state index contributed by atoms with van der Waals surface area (Å²) in [5.41, 5.74) is 5.64. The van der Waals surface area contributed by atoms with Crippen molar-refractivity contribution in [1.29, 1.82) is 0 Å². The van der Waals surface area contributed by atoms with Crippen LogP contribution in [-0.2, 0) is 0 Å². The maximum absolute atomic E-state index is 5.64. The normalized spacial score (nSPS) is 10.4. The fourth-order valence-corrected chi connectivity index (χ4v) is 2.43. The third kappa shape index (κ3) is 3.46. The molecule has 0 amide bonds. The summed E-state index contributed by atoms with van der Waals surface area (Å²) in [4.78, 5) is 8.05. The van der Waals surface area contributed by atoms with Gasteiger partial charge in [0.2, 0.25) is 0 Å². The van der Waals surface area contributed by atoms with Gasteiger partial charge in [-0.2, -0.15) is 0 Å². The number of nitrogens with two attached hydrogens (primary N) is 1. The minimum atomic E-state index is 0.512. The Labute approximate surface area is 97.0 Å². The highest BCUT2D eigenvalue weighted by Gasteiger charge is 2.05. The number of aromatic nitrogens is 2. The van der Waals surface area contributed by atoms with Crippen molar-refractivity contribution < 1.29 is 0 Å². The van der Waals surface area contributed by atoms with Crippen LogP contribution in [0.25, 0.3) is 0 Å². The molecule has 14 heavy (non-hydrogen) atoms. The topological polar surface area (TPSA) is 51.8 Å². The predicted molar refractivity (Wildman–Crippen MR) is 64.4 cm³/mol. The first kappa shape index (κ1) is 11.8. The van der Waals surface area contributed by atoms with Crippen LogP contribution in [0.15, 0.2) is 15.8 Å². The predicted octanol–water partition coefficient (Wildman–Crippen LogP) is 3.10. The molecular formula is C9H14BrN3S. The molecule has 3 nitrogen and oxygen atoms in total. The van der Waals surface area contributed by atoms with Crippen LogP contribution in [0.5, 0.6) is 0 Å². The van der Waals surface area contributed by atoms with Crippen LogP contribution in [0.4, 0.5) is 5.82 Å². The number of halogens is 1. The Kier molecular flexibility index (Phi) is 5.25. The monoisotopic (exact) mass is 275 g/mol. The van der Waals surface area contributed by atoms with Crippen molar-refractivity contribution >= 4 is 33.5 Å². The highest BCUT2D eigenvalue weighted by atomic mass is 79.9. The lowest BCUT2D eigenvalue weighted by atomic mass is 10.3. The third-order valence-electron chi connectivity index (χ3n) is 1.77. The second-order valence-electron chi connectivity index (χ2n) is 2.93. The molecule has 0 atom stereocenters. The molecule has 0 saturated carbocycles. The van der Waals surface area contributed by atoms with E-state index < -0.39 is 0 Å². The Morgan fingerprint density at radius 1 is 1.43 bits per heavy atom. The first-order valence-corrected chi connectivity index (χ1v) is 6.42. The molecule has 0 aliphatic carbocycles. The van der Waals surface area contributed by atoms with Crippen LogP contribution in [0.2, 0.25) is 0 Å². The largest absolute Gasteiger partial charge is 0.383 e. The number of thioether (sulfide) groups is 1. The molecule has 0 spiro atoms. The van der Waals surface area contributed by atoms with Gasteiger partial charge < -0.3 is 5.73 Å². The Morgan fingerprint density at radius 3 is 2.93 bits per heavy atom. The smallest absolute Gasteiger partial charge is 0.142 e. The molecule has 78 valence electrons. The molecule has 2 N–H and O–H groups in total. The second-order valence-corrected chi connectivity index (χ2v) is 4.81. The summed E-state index contributed by atoms with van der Waals surface area (Å²) in [6.45, 7) is 2.20. The van der Waals surface area contributed by atoms with E-state index in [0.29, 0.717) is 5.82 Å². The van der Waals surface area contributed by atoms with E-state index in [-0.39, 0.29) is 0 Å². The van der Waals surface area contributed by atoms with E-state index in [1.54, 1.807) is 11.8 Å². The van der Waals surface area contributed by atoms with E-state index in [9.17, 15) is 0 Å². The Balaban J connectivity index is 2.46. The molecule has 0 radical (unpaired) electrons. The molecule has 0 bridgehead atoms. The summed E-state index contributed by atoms with van der Waals surface area (Å²) >= 11 is 5.10. The molecule has 1 aromatic heterocycles. The maximum Gasteiger partial charge on any atom is 0.142 e. The lowest BCUT2D eigenvalue weighted by Crippen LogP contribution is -1.95. The van der Waals surface area contributed by atoms with Crippen LogP contribution in [-0.4, -0.2) is 15.7 Å². The number of nitrogens with zero attached hydrogens (tertiary/aromatic N) is 2. The van der Waals surface area contributed by atoms with Crippen LogP contribution in [0.3, 0.4) is 0 Å². The van der Waals surface area contributed by atoms with E-state index >= 15 is 0 Å². The number of nitrogen functional groups attached to an aromatic ring is 1. The molecular weight excluding hydrogens is 262 g/mol. The van der Waals surface area contributed by atoms with Gasteiger partial charge in [0.05, 0.1) is 4.47 Å². The molecule has 1 rings (SSSR count). The van der Waals surface area contributed by atoms with Gasteiger partial charge >= 0.3 is 0 Å². The van der Waals surface area contributed by atoms with Crippen molar-refractivity contribution in [2.24, 2.45) is 0 Å². The van der Waals surface area contributed by atoms with E-state index in [4.69, 9.17) is 5.73 Å². The van der Waals surface area contributed by atoms with Gasteiger partial charge in [-0.15, -0.1) is 11.8 Å². The average Bonchev–Trinajstić information content (AvgIpc) is 2.19. The van der Waals surface area contributed by atoms with Crippen LogP contribution in [0.1, 0.15) is 26.2 Å². The second kappa shape index (κ2) is 6.24. The lowest BCUT2D eigenvalue weighted by Gasteiger charge is -2.03. The van der Waals surface area contributed by atoms with Gasteiger partial charge in [-0.05, 0) is 28.1 Å². The van der Waals surface area contributed by atoms with Gasteiger partial charge in [0, 0.05) is 0 Å². The van der Waals surface area contributed by atoms with Gasteiger partial charge in [0.15, 0.2) is 0 Å². The van der Waals surface area contributed by atoms with E-state index in [2.05, 4.69) is 32.8 Å². The van der Waals surface area contributed by atoms with Crippen LogP contribution in [0, 0.1) is 0 Å². The van der Waals surface area contributed by atoms with E-state index in [0.717, 1.165) is 15.3 Å². The highest BCUT2D eigenvalue weighted by molar-refractivity contribution is 9.10. The van der Waals surface area contributed by atoms with Crippen molar-refractivity contribution in [3.8, 4) is 0 Å². The quantitative estimate of drug-likeness (QED) is 0.510. The molecule has 0 fully saturated rings. The number of unbranched alkanes of at least 4 members (excludes halogenated alkanes) is 2. The lowest BCUT2D eigenvalue weighted by molar-refractivity contribution is 0.778. The van der Waals surface area contributed by atoms with Gasteiger partial charge in [0.1, 0.15) is 17.2 Å². The zero-order chi connectivity index (χ0) is 10.4. The first-order valence-electron chi connectivity index (χ1n) is 4.64. The standard InChI is InChI=1S/C9H14BrN3S/c1-2-3-4-5-14-9-7(10)8(11)12-6-13-9/h6H,2-5H2,1H3,(H2,11,12,13). The SMILES string of the molecule is CCCCCSc1ncnc(N)c1Br.